The van der Waals surface area contributed by atoms with Crippen LogP contribution in [0.3, 0.4) is 0 Å². The van der Waals surface area contributed by atoms with Crippen molar-refractivity contribution in [1.82, 2.24) is 9.78 Å². The van der Waals surface area contributed by atoms with E-state index in [1.807, 2.05) is 0 Å². The number of aliphatic hydroxyl groups is 1. The van der Waals surface area contributed by atoms with Gasteiger partial charge >= 0.3 is 6.18 Å². The quantitative estimate of drug-likeness (QED) is 0.452. The van der Waals surface area contributed by atoms with E-state index >= 15 is 0 Å². The van der Waals surface area contributed by atoms with Crippen LogP contribution in [0.25, 0.3) is 0 Å². The van der Waals surface area contributed by atoms with E-state index in [1.54, 1.807) is 25.1 Å². The summed E-state index contributed by atoms with van der Waals surface area (Å²) in [7, 11) is -3.75. The Labute approximate surface area is 219 Å². The van der Waals surface area contributed by atoms with Crippen molar-refractivity contribution in [2.75, 3.05) is 40.4 Å². The third-order valence-electron chi connectivity index (χ3n) is 8.08. The van der Waals surface area contributed by atoms with Gasteiger partial charge in [0.15, 0.2) is 5.82 Å². The molecule has 1 saturated heterocycles. The van der Waals surface area contributed by atoms with E-state index in [0.29, 0.717) is 28.0 Å². The van der Waals surface area contributed by atoms with Crippen molar-refractivity contribution >= 4 is 33.1 Å². The average molecular weight is 556 g/mol. The number of carbonyl (C=O) groups excluding carboxylic acids is 1. The summed E-state index contributed by atoms with van der Waals surface area (Å²) in [6.45, 7) is 2.70. The van der Waals surface area contributed by atoms with Gasteiger partial charge in [-0.05, 0) is 69.1 Å². The van der Waals surface area contributed by atoms with Crippen LogP contribution in [0.2, 0.25) is 0 Å². The Morgan fingerprint density at radius 2 is 1.84 bits per heavy atom. The highest BCUT2D eigenvalue weighted by atomic mass is 32.2. The molecule has 2 heterocycles. The Hall–Kier alpha value is -2.80. The molecule has 2 aromatic rings. The van der Waals surface area contributed by atoms with Gasteiger partial charge in [-0.3, -0.25) is 14.2 Å². The number of hydrogen-bond donors (Lipinski definition) is 3. The summed E-state index contributed by atoms with van der Waals surface area (Å²) in [5.41, 5.74) is 2.28. The highest BCUT2D eigenvalue weighted by Crippen LogP contribution is 2.54. The maximum atomic E-state index is 13.4. The Morgan fingerprint density at radius 1 is 1.16 bits per heavy atom. The van der Waals surface area contributed by atoms with Gasteiger partial charge in [0.1, 0.15) is 0 Å². The number of piperidine rings is 1. The van der Waals surface area contributed by atoms with Gasteiger partial charge in [-0.25, -0.2) is 8.42 Å². The molecule has 38 heavy (non-hydrogen) atoms. The molecular formula is C25H32F3N5O4S. The van der Waals surface area contributed by atoms with Gasteiger partial charge in [0.2, 0.25) is 10.0 Å². The van der Waals surface area contributed by atoms with Crippen LogP contribution in [0.1, 0.15) is 60.6 Å². The van der Waals surface area contributed by atoms with Crippen LogP contribution in [0.15, 0.2) is 24.3 Å². The first-order valence-corrected chi connectivity index (χ1v) is 14.5. The van der Waals surface area contributed by atoms with Crippen LogP contribution in [0.4, 0.5) is 30.4 Å². The molecule has 0 atom stereocenters. The second-order valence-electron chi connectivity index (χ2n) is 10.8. The molecule has 2 saturated carbocycles. The maximum absolute atomic E-state index is 13.4. The highest BCUT2D eigenvalue weighted by Gasteiger charge is 2.49. The van der Waals surface area contributed by atoms with E-state index in [0.717, 1.165) is 25.9 Å². The molecular weight excluding hydrogens is 523 g/mol. The zero-order chi connectivity index (χ0) is 27.3. The number of halogens is 3. The lowest BCUT2D eigenvalue weighted by Crippen LogP contribution is -2.37. The third-order valence-corrected chi connectivity index (χ3v) is 9.35. The summed E-state index contributed by atoms with van der Waals surface area (Å²) in [5, 5.41) is 16.2. The zero-order valence-corrected chi connectivity index (χ0v) is 21.9. The van der Waals surface area contributed by atoms with Crippen molar-refractivity contribution in [3.05, 3.63) is 35.5 Å². The number of rotatable bonds is 8. The first-order chi connectivity index (χ1) is 17.9. The Morgan fingerprint density at radius 3 is 2.45 bits per heavy atom. The van der Waals surface area contributed by atoms with E-state index in [4.69, 9.17) is 5.11 Å². The van der Waals surface area contributed by atoms with Crippen molar-refractivity contribution in [3.63, 3.8) is 0 Å². The number of aryl methyl sites for hydroxylation is 1. The molecule has 0 bridgehead atoms. The molecule has 0 unspecified atom stereocenters. The van der Waals surface area contributed by atoms with E-state index in [1.165, 1.54) is 23.6 Å². The number of carbonyl (C=O) groups is 1. The van der Waals surface area contributed by atoms with E-state index in [2.05, 4.69) is 20.0 Å². The van der Waals surface area contributed by atoms with Crippen molar-refractivity contribution in [1.29, 1.82) is 0 Å². The van der Waals surface area contributed by atoms with Gasteiger partial charge in [0.25, 0.3) is 5.91 Å². The SMILES string of the molecule is Cc1cc(NC(=O)c2ccc(NS(=O)(=O)CCO)cc2N2CCC3(CC2)CC3)nn1C1CC(C(F)(F)F)C1. The summed E-state index contributed by atoms with van der Waals surface area (Å²) >= 11 is 0. The predicted molar refractivity (Wildman–Crippen MR) is 137 cm³/mol. The van der Waals surface area contributed by atoms with Crippen molar-refractivity contribution in [2.45, 2.75) is 57.7 Å². The zero-order valence-electron chi connectivity index (χ0n) is 21.1. The normalized spacial score (nSPS) is 22.7. The molecule has 0 radical (unpaired) electrons. The average Bonchev–Trinajstić information content (AvgIpc) is 3.45. The largest absolute Gasteiger partial charge is 0.395 e. The first-order valence-electron chi connectivity index (χ1n) is 12.8. The molecule has 5 rings (SSSR count). The minimum Gasteiger partial charge on any atom is -0.395 e. The molecule has 9 nitrogen and oxygen atoms in total. The molecule has 208 valence electrons. The number of nitrogens with one attached hydrogen (secondary N) is 2. The molecule has 1 aliphatic heterocycles. The van der Waals surface area contributed by atoms with E-state index in [-0.39, 0.29) is 24.7 Å². The molecule has 1 spiro atoms. The lowest BCUT2D eigenvalue weighted by molar-refractivity contribution is -0.203. The smallest absolute Gasteiger partial charge is 0.391 e. The molecule has 1 aromatic heterocycles. The Bertz CT molecular complexity index is 1310. The molecule has 1 amide bonds. The number of alkyl halides is 3. The minimum atomic E-state index is -4.21. The van der Waals surface area contributed by atoms with Gasteiger partial charge in [0, 0.05) is 24.8 Å². The maximum Gasteiger partial charge on any atom is 0.391 e. The number of amides is 1. The minimum absolute atomic E-state index is 0.0341. The fourth-order valence-corrected chi connectivity index (χ4v) is 6.28. The van der Waals surface area contributed by atoms with Gasteiger partial charge in [-0.15, -0.1) is 0 Å². The number of aliphatic hydroxyl groups excluding tert-OH is 1. The Kier molecular flexibility index (Phi) is 6.87. The monoisotopic (exact) mass is 555 g/mol. The number of hydrogen-bond acceptors (Lipinski definition) is 6. The lowest BCUT2D eigenvalue weighted by atomic mass is 9.80. The molecule has 3 aliphatic rings. The van der Waals surface area contributed by atoms with Crippen molar-refractivity contribution < 1.29 is 31.5 Å². The highest BCUT2D eigenvalue weighted by molar-refractivity contribution is 7.92. The summed E-state index contributed by atoms with van der Waals surface area (Å²) in [6.07, 6.45) is 0.138. The second kappa shape index (κ2) is 9.74. The van der Waals surface area contributed by atoms with Crippen molar-refractivity contribution in [3.8, 4) is 0 Å². The van der Waals surface area contributed by atoms with E-state index < -0.39 is 40.4 Å². The molecule has 1 aromatic carbocycles. The van der Waals surface area contributed by atoms with Crippen LogP contribution in [-0.2, 0) is 10.0 Å². The lowest BCUT2D eigenvalue weighted by Gasteiger charge is -2.37. The van der Waals surface area contributed by atoms with Crippen LogP contribution in [0, 0.1) is 18.3 Å². The number of anilines is 3. The van der Waals surface area contributed by atoms with Crippen LogP contribution < -0.4 is 14.9 Å². The summed E-state index contributed by atoms with van der Waals surface area (Å²) in [6, 6.07) is 5.94. The fraction of sp³-hybridized carbons (Fsp3) is 0.600. The van der Waals surface area contributed by atoms with Crippen LogP contribution in [-0.4, -0.2) is 60.8 Å². The summed E-state index contributed by atoms with van der Waals surface area (Å²) in [5.74, 6) is -1.96. The van der Waals surface area contributed by atoms with Crippen LogP contribution in [0.5, 0.6) is 0 Å². The topological polar surface area (TPSA) is 117 Å². The van der Waals surface area contributed by atoms with Crippen LogP contribution >= 0.6 is 0 Å². The summed E-state index contributed by atoms with van der Waals surface area (Å²) < 4.78 is 67.1. The van der Waals surface area contributed by atoms with Gasteiger partial charge in [-0.2, -0.15) is 18.3 Å². The molecule has 3 fully saturated rings. The standard InChI is InChI=1S/C25H32F3N5O4S/c1-16-12-22(30-33(16)19-13-17(14-19)25(26,27)28)29-23(35)20-3-2-18(31-38(36,37)11-10-34)15-21(20)32-8-6-24(4-5-24)7-9-32/h2-3,12,15,17,19,31,34H,4-11,13-14H2,1H3,(H,29,30,35). The van der Waals surface area contributed by atoms with Gasteiger partial charge in [-0.1, -0.05) is 0 Å². The van der Waals surface area contributed by atoms with Gasteiger partial charge < -0.3 is 15.3 Å². The third kappa shape index (κ3) is 5.63. The number of nitrogens with zero attached hydrogens (tertiary/aromatic N) is 3. The summed E-state index contributed by atoms with van der Waals surface area (Å²) in [4.78, 5) is 15.4. The number of sulfonamides is 1. The molecule has 3 N–H and O–H groups in total. The number of aromatic nitrogens is 2. The number of benzene rings is 1. The Balaban J connectivity index is 1.35. The van der Waals surface area contributed by atoms with Gasteiger partial charge in [0.05, 0.1) is 41.3 Å². The predicted octanol–water partition coefficient (Wildman–Crippen LogP) is 4.07. The first kappa shape index (κ1) is 26.8. The second-order valence-corrected chi connectivity index (χ2v) is 12.6. The fourth-order valence-electron chi connectivity index (χ4n) is 5.46. The van der Waals surface area contributed by atoms with E-state index in [9.17, 15) is 26.4 Å². The molecule has 2 aliphatic carbocycles. The van der Waals surface area contributed by atoms with Crippen molar-refractivity contribution in [2.24, 2.45) is 11.3 Å². The molecule has 13 heteroatoms.